The number of rotatable bonds is 5. The summed E-state index contributed by atoms with van der Waals surface area (Å²) in [5, 5.41) is 8.52. The van der Waals surface area contributed by atoms with Crippen LogP contribution in [0, 0.1) is 0 Å². The number of carbonyl (C=O) groups is 1. The van der Waals surface area contributed by atoms with Crippen LogP contribution in [0.1, 0.15) is 23.7 Å². The van der Waals surface area contributed by atoms with E-state index < -0.39 is 0 Å². The summed E-state index contributed by atoms with van der Waals surface area (Å²) in [6.07, 6.45) is 3.34. The average molecular weight is 318 g/mol. The van der Waals surface area contributed by atoms with E-state index in [-0.39, 0.29) is 11.9 Å². The molecule has 3 heterocycles. The zero-order valence-electron chi connectivity index (χ0n) is 13.1. The molecule has 1 amide bonds. The Balaban J connectivity index is 1.70. The number of hydrogen-bond acceptors (Lipinski definition) is 4. The van der Waals surface area contributed by atoms with Gasteiger partial charge in [0.2, 0.25) is 5.91 Å². The van der Waals surface area contributed by atoms with Crippen LogP contribution in [0.25, 0.3) is 0 Å². The van der Waals surface area contributed by atoms with Crippen LogP contribution in [-0.2, 0) is 17.8 Å². The third-order valence-corrected chi connectivity index (χ3v) is 4.81. The van der Waals surface area contributed by atoms with Crippen molar-refractivity contribution in [3.63, 3.8) is 0 Å². The zero-order chi connectivity index (χ0) is 15.5. The number of carbonyl (C=O) groups excluding carboxylic acids is 1. The Labute approximate surface area is 135 Å². The summed E-state index contributed by atoms with van der Waals surface area (Å²) in [4.78, 5) is 16.7. The molecular formula is C16H22N4OS. The van der Waals surface area contributed by atoms with Crippen LogP contribution in [0.4, 0.5) is 0 Å². The molecule has 1 atom stereocenters. The maximum atomic E-state index is 12.6. The summed E-state index contributed by atoms with van der Waals surface area (Å²) < 4.78 is 2.10. The molecule has 0 bridgehead atoms. The second-order valence-corrected chi connectivity index (χ2v) is 6.88. The van der Waals surface area contributed by atoms with Gasteiger partial charge in [-0.05, 0) is 55.5 Å². The lowest BCUT2D eigenvalue weighted by Gasteiger charge is -2.34. The minimum absolute atomic E-state index is 0.209. The molecule has 5 nitrogen and oxygen atoms in total. The van der Waals surface area contributed by atoms with Gasteiger partial charge in [-0.3, -0.25) is 9.48 Å². The van der Waals surface area contributed by atoms with E-state index in [4.69, 9.17) is 0 Å². The summed E-state index contributed by atoms with van der Waals surface area (Å²) >= 11 is 1.64. The van der Waals surface area contributed by atoms with Gasteiger partial charge in [0.1, 0.15) is 0 Å². The van der Waals surface area contributed by atoms with Crippen molar-refractivity contribution in [1.82, 2.24) is 19.6 Å². The number of thiophene rings is 1. The maximum absolute atomic E-state index is 12.6. The Bertz CT molecular complexity index is 620. The van der Waals surface area contributed by atoms with Crippen LogP contribution in [0.5, 0.6) is 0 Å². The summed E-state index contributed by atoms with van der Waals surface area (Å²) in [5.41, 5.74) is 2.24. The summed E-state index contributed by atoms with van der Waals surface area (Å²) in [6, 6.07) is 4.32. The van der Waals surface area contributed by atoms with E-state index in [2.05, 4.69) is 34.2 Å². The van der Waals surface area contributed by atoms with Crippen LogP contribution in [-0.4, -0.2) is 52.7 Å². The first-order valence-electron chi connectivity index (χ1n) is 7.59. The van der Waals surface area contributed by atoms with Gasteiger partial charge < -0.3 is 9.80 Å². The lowest BCUT2D eigenvalue weighted by atomic mass is 10.1. The second kappa shape index (κ2) is 6.62. The first kappa shape index (κ1) is 15.2. The van der Waals surface area contributed by atoms with Gasteiger partial charge >= 0.3 is 0 Å². The normalized spacial score (nSPS) is 17.8. The molecule has 0 saturated heterocycles. The van der Waals surface area contributed by atoms with E-state index in [1.54, 1.807) is 11.3 Å². The van der Waals surface area contributed by atoms with Crippen molar-refractivity contribution in [2.45, 2.75) is 25.4 Å². The van der Waals surface area contributed by atoms with Gasteiger partial charge in [0.05, 0.1) is 24.7 Å². The van der Waals surface area contributed by atoms with E-state index in [0.717, 1.165) is 30.8 Å². The van der Waals surface area contributed by atoms with Gasteiger partial charge in [0, 0.05) is 12.7 Å². The molecule has 1 unspecified atom stereocenters. The highest BCUT2D eigenvalue weighted by Gasteiger charge is 2.28. The third-order valence-electron chi connectivity index (χ3n) is 4.08. The first-order valence-corrected chi connectivity index (χ1v) is 8.53. The third kappa shape index (κ3) is 3.39. The van der Waals surface area contributed by atoms with E-state index in [0.29, 0.717) is 13.0 Å². The fourth-order valence-electron chi connectivity index (χ4n) is 2.88. The van der Waals surface area contributed by atoms with E-state index >= 15 is 0 Å². The molecule has 0 N–H and O–H groups in total. The second-order valence-electron chi connectivity index (χ2n) is 6.10. The Morgan fingerprint density at radius 2 is 2.32 bits per heavy atom. The fourth-order valence-corrected chi connectivity index (χ4v) is 3.55. The topological polar surface area (TPSA) is 41.4 Å². The predicted octanol–water partition coefficient (Wildman–Crippen LogP) is 2.02. The predicted molar refractivity (Wildman–Crippen MR) is 87.9 cm³/mol. The number of nitrogens with zero attached hydrogens (tertiary/aromatic N) is 4. The minimum atomic E-state index is 0.209. The van der Waals surface area contributed by atoms with Crippen LogP contribution in [0.3, 0.4) is 0 Å². The summed E-state index contributed by atoms with van der Waals surface area (Å²) in [6.45, 7) is 2.42. The smallest absolute Gasteiger partial charge is 0.227 e. The van der Waals surface area contributed by atoms with Gasteiger partial charge in [0.15, 0.2) is 0 Å². The average Bonchev–Trinajstić information content (AvgIpc) is 3.14. The Kier molecular flexibility index (Phi) is 4.59. The lowest BCUT2D eigenvalue weighted by Crippen LogP contribution is -2.42. The summed E-state index contributed by atoms with van der Waals surface area (Å²) in [7, 11) is 4.15. The summed E-state index contributed by atoms with van der Waals surface area (Å²) in [5.74, 6) is 0.209. The van der Waals surface area contributed by atoms with Crippen LogP contribution >= 0.6 is 11.3 Å². The molecule has 0 saturated carbocycles. The number of aromatic nitrogens is 2. The molecule has 0 radical (unpaired) electrons. The molecule has 1 aliphatic rings. The Morgan fingerprint density at radius 1 is 1.45 bits per heavy atom. The monoisotopic (exact) mass is 318 g/mol. The SMILES string of the molecule is CN(C)CCC1CN(C(=O)Cc2ccsc2)Cc2ccnn21. The van der Waals surface area contributed by atoms with Gasteiger partial charge in [0.25, 0.3) is 0 Å². The van der Waals surface area contributed by atoms with Crippen molar-refractivity contribution in [1.29, 1.82) is 0 Å². The van der Waals surface area contributed by atoms with Crippen molar-refractivity contribution in [3.05, 3.63) is 40.3 Å². The highest BCUT2D eigenvalue weighted by Crippen LogP contribution is 2.24. The van der Waals surface area contributed by atoms with Crippen molar-refractivity contribution >= 4 is 17.2 Å². The van der Waals surface area contributed by atoms with Crippen molar-refractivity contribution in [3.8, 4) is 0 Å². The van der Waals surface area contributed by atoms with Crippen LogP contribution < -0.4 is 0 Å². The van der Waals surface area contributed by atoms with Crippen LogP contribution in [0.15, 0.2) is 29.1 Å². The zero-order valence-corrected chi connectivity index (χ0v) is 13.9. The standard InChI is InChI=1S/C16H22N4OS/c1-18(2)7-4-15-11-19(10-14-3-6-17-20(14)15)16(21)9-13-5-8-22-12-13/h3,5-6,8,12,15H,4,7,9-11H2,1-2H3. The van der Waals surface area contributed by atoms with Gasteiger partial charge in [-0.1, -0.05) is 0 Å². The first-order chi connectivity index (χ1) is 10.6. The molecule has 2 aromatic heterocycles. The van der Waals surface area contributed by atoms with Gasteiger partial charge in [-0.25, -0.2) is 0 Å². The van der Waals surface area contributed by atoms with E-state index in [9.17, 15) is 4.79 Å². The fraction of sp³-hybridized carbons (Fsp3) is 0.500. The molecule has 22 heavy (non-hydrogen) atoms. The lowest BCUT2D eigenvalue weighted by molar-refractivity contribution is -0.132. The largest absolute Gasteiger partial charge is 0.334 e. The Hall–Kier alpha value is -1.66. The molecule has 0 spiro atoms. The maximum Gasteiger partial charge on any atom is 0.227 e. The molecule has 1 aliphatic heterocycles. The quantitative estimate of drug-likeness (QED) is 0.847. The van der Waals surface area contributed by atoms with Gasteiger partial charge in [-0.2, -0.15) is 16.4 Å². The number of fused-ring (bicyclic) bond motifs is 1. The van der Waals surface area contributed by atoms with Gasteiger partial charge in [-0.15, -0.1) is 0 Å². The van der Waals surface area contributed by atoms with Crippen molar-refractivity contribution < 1.29 is 4.79 Å². The minimum Gasteiger partial charge on any atom is -0.334 e. The van der Waals surface area contributed by atoms with E-state index in [1.807, 2.05) is 28.6 Å². The highest BCUT2D eigenvalue weighted by molar-refractivity contribution is 7.07. The molecular weight excluding hydrogens is 296 g/mol. The molecule has 3 rings (SSSR count). The Morgan fingerprint density at radius 3 is 3.05 bits per heavy atom. The molecule has 118 valence electrons. The van der Waals surface area contributed by atoms with Crippen molar-refractivity contribution in [2.75, 3.05) is 27.2 Å². The molecule has 0 aliphatic carbocycles. The highest BCUT2D eigenvalue weighted by atomic mass is 32.1. The molecule has 0 aromatic carbocycles. The number of hydrogen-bond donors (Lipinski definition) is 0. The number of amides is 1. The molecule has 6 heteroatoms. The molecule has 2 aromatic rings. The van der Waals surface area contributed by atoms with Crippen molar-refractivity contribution in [2.24, 2.45) is 0 Å². The van der Waals surface area contributed by atoms with E-state index in [1.165, 1.54) is 0 Å². The molecule has 0 fully saturated rings. The van der Waals surface area contributed by atoms with Crippen LogP contribution in [0.2, 0.25) is 0 Å².